The lowest BCUT2D eigenvalue weighted by atomic mass is 10.0. The third kappa shape index (κ3) is 6.21. The lowest BCUT2D eigenvalue weighted by Gasteiger charge is -2.18. The van der Waals surface area contributed by atoms with E-state index in [1.54, 1.807) is 0 Å². The molecule has 2 aromatic carbocycles. The monoisotopic (exact) mass is 440 g/mol. The lowest BCUT2D eigenvalue weighted by molar-refractivity contribution is -0.163. The summed E-state index contributed by atoms with van der Waals surface area (Å²) in [7, 11) is 2.07. The molecule has 10 heteroatoms. The van der Waals surface area contributed by atoms with Gasteiger partial charge in [0.25, 0.3) is 0 Å². The predicted molar refractivity (Wildman–Crippen MR) is 101 cm³/mol. The van der Waals surface area contributed by atoms with Crippen LogP contribution in [0.4, 0.5) is 13.2 Å². The normalized spacial score (nSPS) is 12.1. The van der Waals surface area contributed by atoms with Crippen LogP contribution in [0.25, 0.3) is 0 Å². The number of methoxy groups -OCH3 is 2. The van der Waals surface area contributed by atoms with Gasteiger partial charge in [0.2, 0.25) is 5.92 Å². The van der Waals surface area contributed by atoms with E-state index in [0.29, 0.717) is 5.75 Å². The highest BCUT2D eigenvalue weighted by Gasteiger charge is 2.39. The van der Waals surface area contributed by atoms with Gasteiger partial charge in [-0.3, -0.25) is 14.4 Å². The maximum absolute atomic E-state index is 12.6. The number of Topliss-reactive ketones (excluding diaryl/α,β-unsaturated/α-hetero) is 1. The van der Waals surface area contributed by atoms with Gasteiger partial charge in [-0.05, 0) is 55.5 Å². The van der Waals surface area contributed by atoms with Crippen LogP contribution < -0.4 is 9.47 Å². The van der Waals surface area contributed by atoms with Gasteiger partial charge in [0, 0.05) is 0 Å². The molecule has 2 aromatic rings. The number of carbonyl (C=O) groups is 3. The minimum Gasteiger partial charge on any atom is -0.483 e. The highest BCUT2D eigenvalue weighted by molar-refractivity contribution is 6.16. The number of hydrogen-bond donors (Lipinski definition) is 0. The Bertz CT molecular complexity index is 905. The Morgan fingerprint density at radius 3 is 1.61 bits per heavy atom. The van der Waals surface area contributed by atoms with Crippen molar-refractivity contribution in [3.05, 3.63) is 54.1 Å². The fourth-order valence-electron chi connectivity index (χ4n) is 2.50. The van der Waals surface area contributed by atoms with E-state index in [-0.39, 0.29) is 11.5 Å². The van der Waals surface area contributed by atoms with Crippen molar-refractivity contribution in [2.75, 3.05) is 14.2 Å². The molecule has 0 N–H and O–H groups in total. The number of hydrogen-bond acceptors (Lipinski definition) is 7. The third-order valence-corrected chi connectivity index (χ3v) is 4.11. The highest BCUT2D eigenvalue weighted by atomic mass is 19.4. The fourth-order valence-corrected chi connectivity index (χ4v) is 2.50. The SMILES string of the molecule is COC(=O)C(C(=O)OC)C(=O)C(C)Oc1ccc(Oc2ccc(C(F)(F)F)cc2)cc1. The Morgan fingerprint density at radius 1 is 0.774 bits per heavy atom. The summed E-state index contributed by atoms with van der Waals surface area (Å²) in [5, 5.41) is 0. The molecule has 0 aliphatic carbocycles. The van der Waals surface area contributed by atoms with Crippen molar-refractivity contribution in [1.29, 1.82) is 0 Å². The van der Waals surface area contributed by atoms with Crippen LogP contribution in [-0.4, -0.2) is 38.0 Å². The van der Waals surface area contributed by atoms with E-state index >= 15 is 0 Å². The van der Waals surface area contributed by atoms with Gasteiger partial charge in [0.05, 0.1) is 19.8 Å². The van der Waals surface area contributed by atoms with Crippen LogP contribution in [-0.2, 0) is 30.0 Å². The first-order valence-electron chi connectivity index (χ1n) is 8.88. The Balaban J connectivity index is 2.03. The molecule has 166 valence electrons. The summed E-state index contributed by atoms with van der Waals surface area (Å²) in [6, 6.07) is 10.0. The van der Waals surface area contributed by atoms with Crippen LogP contribution in [0.3, 0.4) is 0 Å². The largest absolute Gasteiger partial charge is 0.483 e. The summed E-state index contributed by atoms with van der Waals surface area (Å²) in [6.07, 6.45) is -5.61. The first-order valence-corrected chi connectivity index (χ1v) is 8.88. The molecule has 0 spiro atoms. The molecule has 0 aliphatic heterocycles. The number of esters is 2. The Labute approximate surface area is 175 Å². The molecule has 31 heavy (non-hydrogen) atoms. The molecule has 0 saturated carbocycles. The number of carbonyl (C=O) groups excluding carboxylic acids is 3. The standard InChI is InChI=1S/C21H19F3O7/c1-12(18(25)17(19(26)28-2)20(27)29-3)30-14-8-10-16(11-9-14)31-15-6-4-13(5-7-15)21(22,23)24/h4-12,17H,1-3H3. The number of ketones is 1. The van der Waals surface area contributed by atoms with Crippen LogP contribution in [0.15, 0.2) is 48.5 Å². The quantitative estimate of drug-likeness (QED) is 0.456. The van der Waals surface area contributed by atoms with Gasteiger partial charge in [-0.1, -0.05) is 0 Å². The average Bonchev–Trinajstić information content (AvgIpc) is 2.74. The summed E-state index contributed by atoms with van der Waals surface area (Å²) < 4.78 is 57.7. The highest BCUT2D eigenvalue weighted by Crippen LogP contribution is 2.31. The summed E-state index contributed by atoms with van der Waals surface area (Å²) in [5.41, 5.74) is -0.792. The predicted octanol–water partition coefficient (Wildman–Crippen LogP) is 3.80. The minimum atomic E-state index is -4.44. The van der Waals surface area contributed by atoms with Gasteiger partial charge in [0.1, 0.15) is 17.2 Å². The number of rotatable bonds is 8. The van der Waals surface area contributed by atoms with Crippen molar-refractivity contribution in [1.82, 2.24) is 0 Å². The van der Waals surface area contributed by atoms with Gasteiger partial charge in [-0.15, -0.1) is 0 Å². The molecule has 0 fully saturated rings. The number of ether oxygens (including phenoxy) is 4. The zero-order valence-corrected chi connectivity index (χ0v) is 16.8. The Hall–Kier alpha value is -3.56. The molecule has 1 unspecified atom stereocenters. The van der Waals surface area contributed by atoms with Gasteiger partial charge in [0.15, 0.2) is 11.9 Å². The van der Waals surface area contributed by atoms with Gasteiger partial charge in [-0.2, -0.15) is 13.2 Å². The molecule has 0 heterocycles. The van der Waals surface area contributed by atoms with Crippen LogP contribution in [0.2, 0.25) is 0 Å². The minimum absolute atomic E-state index is 0.198. The molecule has 0 amide bonds. The van der Waals surface area contributed by atoms with E-state index in [1.807, 2.05) is 0 Å². The molecule has 0 aromatic heterocycles. The molecular formula is C21H19F3O7. The molecule has 0 saturated heterocycles. The first kappa shape index (κ1) is 23.7. The first-order chi connectivity index (χ1) is 14.6. The van der Waals surface area contributed by atoms with Gasteiger partial charge in [-0.25, -0.2) is 0 Å². The summed E-state index contributed by atoms with van der Waals surface area (Å²) in [4.78, 5) is 35.9. The lowest BCUT2D eigenvalue weighted by Crippen LogP contribution is -2.40. The van der Waals surface area contributed by atoms with Crippen LogP contribution in [0, 0.1) is 5.92 Å². The topological polar surface area (TPSA) is 88.1 Å². The van der Waals surface area contributed by atoms with E-state index in [2.05, 4.69) is 9.47 Å². The Morgan fingerprint density at radius 2 is 1.19 bits per heavy atom. The summed E-state index contributed by atoms with van der Waals surface area (Å²) in [6.45, 7) is 1.35. The molecule has 0 bridgehead atoms. The number of halogens is 3. The van der Waals surface area contributed by atoms with Gasteiger partial charge >= 0.3 is 18.1 Å². The van der Waals surface area contributed by atoms with Crippen molar-refractivity contribution in [2.45, 2.75) is 19.2 Å². The molecular weight excluding hydrogens is 421 g/mol. The maximum Gasteiger partial charge on any atom is 0.416 e. The van der Waals surface area contributed by atoms with Gasteiger partial charge < -0.3 is 18.9 Å². The van der Waals surface area contributed by atoms with E-state index in [1.165, 1.54) is 43.3 Å². The zero-order valence-electron chi connectivity index (χ0n) is 16.8. The molecule has 1 atom stereocenters. The maximum atomic E-state index is 12.6. The molecule has 2 rings (SSSR count). The summed E-state index contributed by atoms with van der Waals surface area (Å²) in [5.74, 6) is -4.00. The van der Waals surface area contributed by atoms with E-state index in [0.717, 1.165) is 26.4 Å². The average molecular weight is 440 g/mol. The molecule has 7 nitrogen and oxygen atoms in total. The molecule has 0 aliphatic rings. The fraction of sp³-hybridized carbons (Fsp3) is 0.286. The van der Waals surface area contributed by atoms with Crippen LogP contribution >= 0.6 is 0 Å². The van der Waals surface area contributed by atoms with Crippen LogP contribution in [0.1, 0.15) is 12.5 Å². The second-order valence-electron chi connectivity index (χ2n) is 6.24. The van der Waals surface area contributed by atoms with E-state index in [9.17, 15) is 27.6 Å². The van der Waals surface area contributed by atoms with Crippen molar-refractivity contribution < 1.29 is 46.5 Å². The Kier molecular flexibility index (Phi) is 7.62. The summed E-state index contributed by atoms with van der Waals surface area (Å²) >= 11 is 0. The number of benzene rings is 2. The second kappa shape index (κ2) is 9.96. The van der Waals surface area contributed by atoms with Crippen LogP contribution in [0.5, 0.6) is 17.2 Å². The second-order valence-corrected chi connectivity index (χ2v) is 6.24. The van der Waals surface area contributed by atoms with E-state index < -0.39 is 41.5 Å². The zero-order chi connectivity index (χ0) is 23.2. The van der Waals surface area contributed by atoms with Crippen molar-refractivity contribution in [3.8, 4) is 17.2 Å². The smallest absolute Gasteiger partial charge is 0.416 e. The third-order valence-electron chi connectivity index (χ3n) is 4.11. The van der Waals surface area contributed by atoms with Crippen molar-refractivity contribution in [3.63, 3.8) is 0 Å². The molecule has 0 radical (unpaired) electrons. The van der Waals surface area contributed by atoms with Crippen molar-refractivity contribution >= 4 is 17.7 Å². The number of alkyl halides is 3. The van der Waals surface area contributed by atoms with E-state index in [4.69, 9.17) is 9.47 Å². The van der Waals surface area contributed by atoms with Crippen molar-refractivity contribution in [2.24, 2.45) is 5.92 Å².